The van der Waals surface area contributed by atoms with E-state index >= 15 is 0 Å². The van der Waals surface area contributed by atoms with Crippen molar-refractivity contribution in [3.8, 4) is 11.1 Å². The molecule has 0 aliphatic carbocycles. The molecule has 87 valence electrons. The highest BCUT2D eigenvalue weighted by atomic mass is 14.1. The monoisotopic (exact) mass is 223 g/mol. The van der Waals surface area contributed by atoms with Gasteiger partial charge in [0.05, 0.1) is 0 Å². The van der Waals surface area contributed by atoms with Gasteiger partial charge in [-0.1, -0.05) is 69.3 Å². The summed E-state index contributed by atoms with van der Waals surface area (Å²) in [4.78, 5) is 0. The molecule has 0 heteroatoms. The zero-order chi connectivity index (χ0) is 12.3. The fraction of sp³-hybridized carbons (Fsp3) is 0.235. The molecule has 0 spiro atoms. The molecule has 0 unspecified atom stereocenters. The molecule has 0 bridgehead atoms. The van der Waals surface area contributed by atoms with E-state index < -0.39 is 0 Å². The van der Waals surface area contributed by atoms with Gasteiger partial charge in [-0.15, -0.1) is 0 Å². The first kappa shape index (κ1) is 11.9. The Kier molecular flexibility index (Phi) is 3.63. The van der Waals surface area contributed by atoms with Crippen molar-refractivity contribution in [1.82, 2.24) is 0 Å². The average Bonchev–Trinajstić information content (AvgIpc) is 2.39. The van der Waals surface area contributed by atoms with Crippen LogP contribution < -0.4 is 0 Å². The van der Waals surface area contributed by atoms with Gasteiger partial charge in [-0.3, -0.25) is 0 Å². The lowest BCUT2D eigenvalue weighted by Crippen LogP contribution is -1.91. The Morgan fingerprint density at radius 2 is 1.53 bits per heavy atom. The normalized spacial score (nSPS) is 10.8. The molecule has 0 heterocycles. The van der Waals surface area contributed by atoms with E-state index in [9.17, 15) is 0 Å². The van der Waals surface area contributed by atoms with Crippen LogP contribution in [-0.4, -0.2) is 0 Å². The van der Waals surface area contributed by atoms with E-state index in [0.29, 0.717) is 5.92 Å². The molecule has 0 atom stereocenters. The van der Waals surface area contributed by atoms with E-state index in [1.54, 1.807) is 0 Å². The molecule has 1 radical (unpaired) electrons. The molecule has 2 rings (SSSR count). The topological polar surface area (TPSA) is 0 Å². The fourth-order valence-corrected chi connectivity index (χ4v) is 2.12. The third kappa shape index (κ3) is 2.58. The lowest BCUT2D eigenvalue weighted by molar-refractivity contribution is 0.869. The van der Waals surface area contributed by atoms with E-state index in [0.717, 1.165) is 0 Å². The van der Waals surface area contributed by atoms with Crippen molar-refractivity contribution in [2.75, 3.05) is 0 Å². The third-order valence-electron chi connectivity index (χ3n) is 3.14. The minimum Gasteiger partial charge on any atom is -0.0619 e. The molecule has 0 aromatic heterocycles. The summed E-state index contributed by atoms with van der Waals surface area (Å²) >= 11 is 0. The van der Waals surface area contributed by atoms with Crippen LogP contribution in [0.3, 0.4) is 0 Å². The maximum atomic E-state index is 2.24. The summed E-state index contributed by atoms with van der Waals surface area (Å²) in [6.45, 7) is 6.55. The number of rotatable bonds is 3. The quantitative estimate of drug-likeness (QED) is 0.683. The number of benzene rings is 2. The second-order valence-corrected chi connectivity index (χ2v) is 4.65. The van der Waals surface area contributed by atoms with Crippen LogP contribution in [0.15, 0.2) is 48.5 Å². The van der Waals surface area contributed by atoms with E-state index in [1.165, 1.54) is 22.3 Å². The molecule has 0 aliphatic heterocycles. The first-order valence-corrected chi connectivity index (χ1v) is 6.21. The molecule has 0 N–H and O–H groups in total. The van der Waals surface area contributed by atoms with Crippen LogP contribution in [0, 0.1) is 6.42 Å². The summed E-state index contributed by atoms with van der Waals surface area (Å²) in [6, 6.07) is 17.4. The zero-order valence-electron chi connectivity index (χ0n) is 10.8. The molecule has 0 fully saturated rings. The Morgan fingerprint density at radius 1 is 0.882 bits per heavy atom. The lowest BCUT2D eigenvalue weighted by Gasteiger charge is -2.13. The molecule has 2 aromatic rings. The smallest absolute Gasteiger partial charge is 0.0124 e. The second kappa shape index (κ2) is 5.18. The van der Waals surface area contributed by atoms with Crippen LogP contribution in [0.25, 0.3) is 11.1 Å². The van der Waals surface area contributed by atoms with Gasteiger partial charge in [-0.05, 0) is 34.6 Å². The van der Waals surface area contributed by atoms with Crippen molar-refractivity contribution in [3.05, 3.63) is 66.1 Å². The second-order valence-electron chi connectivity index (χ2n) is 4.65. The van der Waals surface area contributed by atoms with Gasteiger partial charge in [-0.2, -0.15) is 0 Å². The molecule has 0 nitrogen and oxygen atoms in total. The number of hydrogen-bond acceptors (Lipinski definition) is 0. The van der Waals surface area contributed by atoms with E-state index in [4.69, 9.17) is 0 Å². The summed E-state index contributed by atoms with van der Waals surface area (Å²) in [5.74, 6) is 0.559. The van der Waals surface area contributed by atoms with Crippen LogP contribution in [0.1, 0.15) is 37.8 Å². The maximum absolute atomic E-state index is 2.24. The first-order chi connectivity index (χ1) is 8.22. The van der Waals surface area contributed by atoms with Crippen molar-refractivity contribution >= 4 is 0 Å². The average molecular weight is 223 g/mol. The molecule has 0 amide bonds. The minimum atomic E-state index is 0.559. The minimum absolute atomic E-state index is 0.559. The third-order valence-corrected chi connectivity index (χ3v) is 3.14. The van der Waals surface area contributed by atoms with Crippen molar-refractivity contribution in [2.24, 2.45) is 0 Å². The SMILES string of the molecule is C[CH]c1ccc(-c2ccccc2C(C)C)cc1. The molecular formula is C17H19. The molecular weight excluding hydrogens is 204 g/mol. The van der Waals surface area contributed by atoms with Crippen molar-refractivity contribution in [1.29, 1.82) is 0 Å². The molecule has 0 saturated heterocycles. The Bertz CT molecular complexity index is 478. The van der Waals surface area contributed by atoms with Crippen LogP contribution in [0.4, 0.5) is 0 Å². The number of hydrogen-bond donors (Lipinski definition) is 0. The summed E-state index contributed by atoms with van der Waals surface area (Å²) in [5.41, 5.74) is 5.35. The zero-order valence-corrected chi connectivity index (χ0v) is 10.8. The van der Waals surface area contributed by atoms with Crippen LogP contribution in [0.2, 0.25) is 0 Å². The van der Waals surface area contributed by atoms with Gasteiger partial charge in [0.1, 0.15) is 0 Å². The Morgan fingerprint density at radius 3 is 2.12 bits per heavy atom. The summed E-state index contributed by atoms with van der Waals surface area (Å²) in [5, 5.41) is 0. The Hall–Kier alpha value is -1.56. The predicted octanol–water partition coefficient (Wildman–Crippen LogP) is 5.05. The standard InChI is InChI=1S/C17H19/c1-4-14-9-11-15(12-10-14)17-8-6-5-7-16(17)13(2)3/h4-13H,1-3H3. The largest absolute Gasteiger partial charge is 0.0619 e. The van der Waals surface area contributed by atoms with E-state index in [2.05, 4.69) is 75.7 Å². The van der Waals surface area contributed by atoms with E-state index in [-0.39, 0.29) is 0 Å². The molecule has 0 aliphatic rings. The molecule has 2 aromatic carbocycles. The summed E-state index contributed by atoms with van der Waals surface area (Å²) < 4.78 is 0. The fourth-order valence-electron chi connectivity index (χ4n) is 2.12. The highest BCUT2D eigenvalue weighted by Gasteiger charge is 2.07. The first-order valence-electron chi connectivity index (χ1n) is 6.21. The maximum Gasteiger partial charge on any atom is -0.0124 e. The summed E-state index contributed by atoms with van der Waals surface area (Å²) in [7, 11) is 0. The van der Waals surface area contributed by atoms with Crippen LogP contribution >= 0.6 is 0 Å². The molecule has 17 heavy (non-hydrogen) atoms. The summed E-state index contributed by atoms with van der Waals surface area (Å²) in [6.07, 6.45) is 2.12. The van der Waals surface area contributed by atoms with Crippen molar-refractivity contribution in [3.63, 3.8) is 0 Å². The van der Waals surface area contributed by atoms with E-state index in [1.807, 2.05) is 0 Å². The highest BCUT2D eigenvalue weighted by molar-refractivity contribution is 5.68. The van der Waals surface area contributed by atoms with Crippen molar-refractivity contribution in [2.45, 2.75) is 26.7 Å². The van der Waals surface area contributed by atoms with Crippen LogP contribution in [0.5, 0.6) is 0 Å². The highest BCUT2D eigenvalue weighted by Crippen LogP contribution is 2.29. The van der Waals surface area contributed by atoms with Gasteiger partial charge in [0.15, 0.2) is 0 Å². The lowest BCUT2D eigenvalue weighted by atomic mass is 9.92. The van der Waals surface area contributed by atoms with Crippen LogP contribution in [-0.2, 0) is 0 Å². The Balaban J connectivity index is 2.45. The van der Waals surface area contributed by atoms with Crippen molar-refractivity contribution < 1.29 is 0 Å². The van der Waals surface area contributed by atoms with Gasteiger partial charge >= 0.3 is 0 Å². The Labute approximate surface area is 104 Å². The van der Waals surface area contributed by atoms with Gasteiger partial charge in [0, 0.05) is 0 Å². The predicted molar refractivity (Wildman–Crippen MR) is 75.0 cm³/mol. The van der Waals surface area contributed by atoms with Gasteiger partial charge in [0.25, 0.3) is 0 Å². The van der Waals surface area contributed by atoms with Gasteiger partial charge in [-0.25, -0.2) is 0 Å². The molecule has 0 saturated carbocycles. The van der Waals surface area contributed by atoms with Gasteiger partial charge in [0.2, 0.25) is 0 Å². The van der Waals surface area contributed by atoms with Gasteiger partial charge < -0.3 is 0 Å².